The highest BCUT2D eigenvalue weighted by molar-refractivity contribution is 7.90. The normalized spacial score (nSPS) is 23.6. The zero-order chi connectivity index (χ0) is 15.6. The largest absolute Gasteiger partial charge is 0.374 e. The van der Waals surface area contributed by atoms with Crippen LogP contribution >= 0.6 is 0 Å². The zero-order valence-electron chi connectivity index (χ0n) is 13.0. The number of hydrogen-bond acceptors (Lipinski definition) is 5. The van der Waals surface area contributed by atoms with Gasteiger partial charge in [0.1, 0.15) is 0 Å². The van der Waals surface area contributed by atoms with E-state index in [9.17, 15) is 8.42 Å². The van der Waals surface area contributed by atoms with Crippen molar-refractivity contribution in [3.8, 4) is 0 Å². The van der Waals surface area contributed by atoms with E-state index in [4.69, 9.17) is 4.74 Å². The van der Waals surface area contributed by atoms with E-state index in [1.165, 1.54) is 19.1 Å². The Balaban J connectivity index is 1.44. The molecule has 0 bridgehead atoms. The summed E-state index contributed by atoms with van der Waals surface area (Å²) >= 11 is 0. The first-order valence-electron chi connectivity index (χ1n) is 7.88. The van der Waals surface area contributed by atoms with Crippen molar-refractivity contribution in [3.05, 3.63) is 29.8 Å². The van der Waals surface area contributed by atoms with Gasteiger partial charge in [-0.1, -0.05) is 12.1 Å². The van der Waals surface area contributed by atoms with Crippen molar-refractivity contribution in [1.82, 2.24) is 10.2 Å². The molecule has 1 aromatic rings. The molecule has 1 aromatic carbocycles. The van der Waals surface area contributed by atoms with Crippen LogP contribution in [0.15, 0.2) is 29.2 Å². The van der Waals surface area contributed by atoms with Crippen molar-refractivity contribution in [2.75, 3.05) is 32.5 Å². The van der Waals surface area contributed by atoms with Gasteiger partial charge in [-0.2, -0.15) is 0 Å². The number of sulfone groups is 1. The van der Waals surface area contributed by atoms with Gasteiger partial charge >= 0.3 is 0 Å². The van der Waals surface area contributed by atoms with Crippen molar-refractivity contribution in [3.63, 3.8) is 0 Å². The molecule has 1 aliphatic heterocycles. The van der Waals surface area contributed by atoms with E-state index >= 15 is 0 Å². The summed E-state index contributed by atoms with van der Waals surface area (Å²) in [6.45, 7) is 4.47. The van der Waals surface area contributed by atoms with Gasteiger partial charge in [0.05, 0.1) is 17.6 Å². The van der Waals surface area contributed by atoms with Gasteiger partial charge < -0.3 is 10.1 Å². The maximum atomic E-state index is 11.4. The topological polar surface area (TPSA) is 58.6 Å². The second-order valence-corrected chi connectivity index (χ2v) is 8.28. The molecule has 6 heteroatoms. The van der Waals surface area contributed by atoms with Gasteiger partial charge in [0.15, 0.2) is 9.84 Å². The SMILES string of the molecule is CS(=O)(=O)c1ccc(CNC[C@H]2CN(C3CC3)CCO2)cc1. The van der Waals surface area contributed by atoms with E-state index in [0.29, 0.717) is 4.90 Å². The molecular formula is C16H24N2O3S. The van der Waals surface area contributed by atoms with Gasteiger partial charge in [-0.05, 0) is 30.5 Å². The van der Waals surface area contributed by atoms with E-state index in [-0.39, 0.29) is 6.10 Å². The number of rotatable bonds is 6. The lowest BCUT2D eigenvalue weighted by Gasteiger charge is -2.33. The highest BCUT2D eigenvalue weighted by atomic mass is 32.2. The van der Waals surface area contributed by atoms with Crippen molar-refractivity contribution < 1.29 is 13.2 Å². The lowest BCUT2D eigenvalue weighted by atomic mass is 10.2. The molecule has 2 fully saturated rings. The first-order valence-corrected chi connectivity index (χ1v) is 9.77. The second-order valence-electron chi connectivity index (χ2n) is 6.27. The van der Waals surface area contributed by atoms with Crippen molar-refractivity contribution >= 4 is 9.84 Å². The first kappa shape index (κ1) is 15.9. The molecule has 1 heterocycles. The van der Waals surface area contributed by atoms with Crippen molar-refractivity contribution in [1.29, 1.82) is 0 Å². The van der Waals surface area contributed by atoms with Gasteiger partial charge in [0.25, 0.3) is 0 Å². The molecule has 0 unspecified atom stereocenters. The van der Waals surface area contributed by atoms with E-state index < -0.39 is 9.84 Å². The minimum absolute atomic E-state index is 0.254. The fraction of sp³-hybridized carbons (Fsp3) is 0.625. The van der Waals surface area contributed by atoms with Crippen LogP contribution in [0.25, 0.3) is 0 Å². The molecule has 22 heavy (non-hydrogen) atoms. The van der Waals surface area contributed by atoms with E-state index in [2.05, 4.69) is 10.2 Å². The Bertz CT molecular complexity index is 596. The molecule has 0 aromatic heterocycles. The van der Waals surface area contributed by atoms with Crippen LogP contribution < -0.4 is 5.32 Å². The van der Waals surface area contributed by atoms with Crippen LogP contribution in [0.3, 0.4) is 0 Å². The minimum Gasteiger partial charge on any atom is -0.374 e. The predicted octanol–water partition coefficient (Wildman–Crippen LogP) is 1.04. The third-order valence-electron chi connectivity index (χ3n) is 4.29. The highest BCUT2D eigenvalue weighted by Crippen LogP contribution is 2.28. The quantitative estimate of drug-likeness (QED) is 0.847. The average Bonchev–Trinajstić information content (AvgIpc) is 3.32. The third kappa shape index (κ3) is 4.29. The molecule has 1 aliphatic carbocycles. The van der Waals surface area contributed by atoms with Gasteiger partial charge in [-0.3, -0.25) is 4.90 Å². The standard InChI is InChI=1S/C16H24N2O3S/c1-22(19,20)16-6-2-13(3-7-16)10-17-11-15-12-18(8-9-21-15)14-4-5-14/h2-3,6-7,14-15,17H,4-5,8-12H2,1H3/t15-/m0/s1. The maximum absolute atomic E-state index is 11.4. The summed E-state index contributed by atoms with van der Waals surface area (Å²) in [5.74, 6) is 0. The van der Waals surface area contributed by atoms with Crippen LogP contribution in [0.1, 0.15) is 18.4 Å². The van der Waals surface area contributed by atoms with Crippen LogP contribution in [0, 0.1) is 0 Å². The Kier molecular flexibility index (Phi) is 4.82. The van der Waals surface area contributed by atoms with Crippen LogP contribution in [-0.4, -0.2) is 58.0 Å². The average molecular weight is 324 g/mol. The molecule has 1 atom stereocenters. The molecule has 0 radical (unpaired) electrons. The molecule has 122 valence electrons. The van der Waals surface area contributed by atoms with Crippen LogP contribution in [0.2, 0.25) is 0 Å². The van der Waals surface area contributed by atoms with Gasteiger partial charge in [0.2, 0.25) is 0 Å². The molecule has 1 N–H and O–H groups in total. The van der Waals surface area contributed by atoms with Crippen LogP contribution in [0.5, 0.6) is 0 Å². The van der Waals surface area contributed by atoms with Crippen LogP contribution in [-0.2, 0) is 21.1 Å². The lowest BCUT2D eigenvalue weighted by molar-refractivity contribution is -0.0301. The number of nitrogens with one attached hydrogen (secondary N) is 1. The van der Waals surface area contributed by atoms with E-state index in [0.717, 1.165) is 44.4 Å². The molecule has 1 saturated heterocycles. The van der Waals surface area contributed by atoms with Crippen LogP contribution in [0.4, 0.5) is 0 Å². The Morgan fingerprint density at radius 3 is 2.64 bits per heavy atom. The smallest absolute Gasteiger partial charge is 0.175 e. The maximum Gasteiger partial charge on any atom is 0.175 e. The first-order chi connectivity index (χ1) is 10.5. The van der Waals surface area contributed by atoms with Gasteiger partial charge in [0, 0.05) is 38.5 Å². The van der Waals surface area contributed by atoms with Gasteiger partial charge in [-0.15, -0.1) is 0 Å². The second kappa shape index (κ2) is 6.66. The zero-order valence-corrected chi connectivity index (χ0v) is 13.8. The Morgan fingerprint density at radius 1 is 1.27 bits per heavy atom. The Morgan fingerprint density at radius 2 is 2.00 bits per heavy atom. The minimum atomic E-state index is -3.11. The van der Waals surface area contributed by atoms with Gasteiger partial charge in [-0.25, -0.2) is 8.42 Å². The summed E-state index contributed by atoms with van der Waals surface area (Å²) in [5.41, 5.74) is 1.09. The molecule has 0 spiro atoms. The fourth-order valence-corrected chi connectivity index (χ4v) is 3.50. The lowest BCUT2D eigenvalue weighted by Crippen LogP contribution is -2.47. The van der Waals surface area contributed by atoms with E-state index in [1.807, 2.05) is 12.1 Å². The third-order valence-corrected chi connectivity index (χ3v) is 5.41. The molecule has 5 nitrogen and oxygen atoms in total. The number of morpholine rings is 1. The van der Waals surface area contributed by atoms with E-state index in [1.54, 1.807) is 12.1 Å². The number of hydrogen-bond donors (Lipinski definition) is 1. The molecule has 3 rings (SSSR count). The summed E-state index contributed by atoms with van der Waals surface area (Å²) in [5, 5.41) is 3.41. The number of ether oxygens (including phenoxy) is 1. The summed E-state index contributed by atoms with van der Waals surface area (Å²) in [7, 11) is -3.11. The molecular weight excluding hydrogens is 300 g/mol. The molecule has 2 aliphatic rings. The predicted molar refractivity (Wildman–Crippen MR) is 85.6 cm³/mol. The molecule has 0 amide bonds. The highest BCUT2D eigenvalue weighted by Gasteiger charge is 2.32. The fourth-order valence-electron chi connectivity index (χ4n) is 2.87. The van der Waals surface area contributed by atoms with Crippen molar-refractivity contribution in [2.24, 2.45) is 0 Å². The monoisotopic (exact) mass is 324 g/mol. The summed E-state index contributed by atoms with van der Waals surface area (Å²) < 4.78 is 28.6. The molecule has 1 saturated carbocycles. The summed E-state index contributed by atoms with van der Waals surface area (Å²) in [6, 6.07) is 7.86. The summed E-state index contributed by atoms with van der Waals surface area (Å²) in [6.07, 6.45) is 4.16. The summed E-state index contributed by atoms with van der Waals surface area (Å²) in [4.78, 5) is 2.91. The number of nitrogens with zero attached hydrogens (tertiary/aromatic N) is 1. The Labute approximate surface area is 132 Å². The Hall–Kier alpha value is -0.950. The van der Waals surface area contributed by atoms with Crippen molar-refractivity contribution in [2.45, 2.75) is 36.4 Å². The number of benzene rings is 1.